The highest BCUT2D eigenvalue weighted by Crippen LogP contribution is 2.49. The second-order valence-corrected chi connectivity index (χ2v) is 9.10. The smallest absolute Gasteiger partial charge is 0.137 e. The van der Waals surface area contributed by atoms with Crippen LogP contribution in [-0.4, -0.2) is 21.5 Å². The standard InChI is InChI=1S/C25H26N4/c1-16-12-27-24-21(16)10-18(14-28-24)17-8-19-13-26-7-4-20(19)22(9-17)23-11-25(15-29-23)5-2-3-6-25/h4,7-10,12-14,23,29H,2-3,5-6,11,15H2,1H3,(H,27,28). The van der Waals surface area contributed by atoms with E-state index in [-0.39, 0.29) is 0 Å². The topological polar surface area (TPSA) is 53.6 Å². The fourth-order valence-electron chi connectivity index (χ4n) is 5.63. The molecule has 4 heterocycles. The number of hydrogen-bond acceptors (Lipinski definition) is 3. The van der Waals surface area contributed by atoms with Crippen LogP contribution in [0.3, 0.4) is 0 Å². The molecule has 1 unspecified atom stereocenters. The van der Waals surface area contributed by atoms with Gasteiger partial charge < -0.3 is 10.3 Å². The lowest BCUT2D eigenvalue weighted by Gasteiger charge is -2.22. The quantitative estimate of drug-likeness (QED) is 0.469. The number of aromatic amines is 1. The molecule has 1 aromatic carbocycles. The van der Waals surface area contributed by atoms with Crippen molar-refractivity contribution >= 4 is 21.8 Å². The molecule has 4 aromatic rings. The van der Waals surface area contributed by atoms with Gasteiger partial charge in [0.25, 0.3) is 0 Å². The predicted molar refractivity (Wildman–Crippen MR) is 118 cm³/mol. The minimum atomic E-state index is 0.420. The van der Waals surface area contributed by atoms with Crippen LogP contribution in [0.2, 0.25) is 0 Å². The van der Waals surface area contributed by atoms with Crippen molar-refractivity contribution in [3.8, 4) is 11.1 Å². The number of hydrogen-bond donors (Lipinski definition) is 2. The molecule has 1 aliphatic carbocycles. The Hall–Kier alpha value is -2.72. The van der Waals surface area contributed by atoms with Gasteiger partial charge in [0.15, 0.2) is 0 Å². The lowest BCUT2D eigenvalue weighted by Crippen LogP contribution is -2.19. The van der Waals surface area contributed by atoms with Crippen LogP contribution in [0.1, 0.15) is 49.3 Å². The summed E-state index contributed by atoms with van der Waals surface area (Å²) in [5.41, 5.74) is 6.51. The van der Waals surface area contributed by atoms with Crippen LogP contribution in [0, 0.1) is 12.3 Å². The first-order chi connectivity index (χ1) is 14.2. The zero-order chi connectivity index (χ0) is 19.4. The van der Waals surface area contributed by atoms with E-state index in [9.17, 15) is 0 Å². The molecule has 1 spiro atoms. The molecule has 1 saturated carbocycles. The summed E-state index contributed by atoms with van der Waals surface area (Å²) in [6.45, 7) is 3.29. The Morgan fingerprint density at radius 3 is 2.83 bits per heavy atom. The molecule has 146 valence electrons. The fraction of sp³-hybridized carbons (Fsp3) is 0.360. The van der Waals surface area contributed by atoms with Crippen molar-refractivity contribution in [3.05, 3.63) is 60.2 Å². The summed E-state index contributed by atoms with van der Waals surface area (Å²) in [7, 11) is 0. The van der Waals surface area contributed by atoms with E-state index in [2.05, 4.69) is 51.5 Å². The maximum Gasteiger partial charge on any atom is 0.137 e. The number of nitrogens with zero attached hydrogens (tertiary/aromatic N) is 2. The first-order valence-electron chi connectivity index (χ1n) is 10.8. The van der Waals surface area contributed by atoms with E-state index in [4.69, 9.17) is 0 Å². The second-order valence-electron chi connectivity index (χ2n) is 9.10. The molecule has 1 saturated heterocycles. The van der Waals surface area contributed by atoms with Gasteiger partial charge in [0.1, 0.15) is 5.65 Å². The molecule has 2 aliphatic rings. The van der Waals surface area contributed by atoms with E-state index in [0.29, 0.717) is 11.5 Å². The molecular weight excluding hydrogens is 356 g/mol. The molecule has 0 bridgehead atoms. The van der Waals surface area contributed by atoms with Crippen molar-refractivity contribution < 1.29 is 0 Å². The third-order valence-electron chi connectivity index (χ3n) is 7.26. The molecule has 3 aromatic heterocycles. The fourth-order valence-corrected chi connectivity index (χ4v) is 5.63. The SMILES string of the molecule is Cc1c[nH]c2ncc(-c3cc(C4CC5(CCCC5)CN4)c4ccncc4c3)cc12. The molecule has 4 nitrogen and oxygen atoms in total. The number of aryl methyl sites for hydroxylation is 1. The number of H-pyrrole nitrogens is 1. The van der Waals surface area contributed by atoms with E-state index in [1.54, 1.807) is 0 Å². The average molecular weight is 383 g/mol. The maximum atomic E-state index is 4.66. The summed E-state index contributed by atoms with van der Waals surface area (Å²) >= 11 is 0. The molecule has 2 N–H and O–H groups in total. The van der Waals surface area contributed by atoms with Crippen LogP contribution < -0.4 is 5.32 Å². The van der Waals surface area contributed by atoms with Crippen molar-refractivity contribution in [1.29, 1.82) is 0 Å². The summed E-state index contributed by atoms with van der Waals surface area (Å²) < 4.78 is 0. The second kappa shape index (κ2) is 6.39. The van der Waals surface area contributed by atoms with Crippen LogP contribution in [0.25, 0.3) is 32.9 Å². The summed E-state index contributed by atoms with van der Waals surface area (Å²) in [5.74, 6) is 0. The van der Waals surface area contributed by atoms with Crippen LogP contribution >= 0.6 is 0 Å². The van der Waals surface area contributed by atoms with Gasteiger partial charge >= 0.3 is 0 Å². The van der Waals surface area contributed by atoms with Crippen molar-refractivity contribution in [3.63, 3.8) is 0 Å². The Bertz CT molecular complexity index is 1220. The Morgan fingerprint density at radius 1 is 1.03 bits per heavy atom. The largest absolute Gasteiger partial charge is 0.346 e. The van der Waals surface area contributed by atoms with Crippen LogP contribution in [0.15, 0.2) is 49.1 Å². The average Bonchev–Trinajstić information content (AvgIpc) is 3.49. The van der Waals surface area contributed by atoms with E-state index in [1.165, 1.54) is 70.5 Å². The molecular formula is C25H26N4. The molecule has 29 heavy (non-hydrogen) atoms. The van der Waals surface area contributed by atoms with Gasteiger partial charge in [0.05, 0.1) is 0 Å². The van der Waals surface area contributed by atoms with Gasteiger partial charge in [-0.2, -0.15) is 0 Å². The number of benzene rings is 1. The summed E-state index contributed by atoms with van der Waals surface area (Å²) in [6, 6.07) is 9.50. The van der Waals surface area contributed by atoms with Gasteiger partial charge in [0.2, 0.25) is 0 Å². The normalized spacial score (nSPS) is 20.9. The lowest BCUT2D eigenvalue weighted by atomic mass is 9.82. The third-order valence-corrected chi connectivity index (χ3v) is 7.26. The zero-order valence-electron chi connectivity index (χ0n) is 16.8. The molecule has 0 amide bonds. The first-order valence-corrected chi connectivity index (χ1v) is 10.8. The van der Waals surface area contributed by atoms with E-state index in [1.807, 2.05) is 24.8 Å². The molecule has 6 rings (SSSR count). The summed E-state index contributed by atoms with van der Waals surface area (Å²) in [6.07, 6.45) is 14.7. The highest BCUT2D eigenvalue weighted by Gasteiger charge is 2.41. The van der Waals surface area contributed by atoms with E-state index >= 15 is 0 Å². The number of pyridine rings is 2. The maximum absolute atomic E-state index is 4.66. The van der Waals surface area contributed by atoms with Gasteiger partial charge in [-0.1, -0.05) is 12.8 Å². The first kappa shape index (κ1) is 17.2. The highest BCUT2D eigenvalue weighted by molar-refractivity contribution is 5.92. The Kier molecular flexibility index (Phi) is 3.78. The summed E-state index contributed by atoms with van der Waals surface area (Å²) in [4.78, 5) is 12.3. The van der Waals surface area contributed by atoms with Gasteiger partial charge in [-0.3, -0.25) is 4.98 Å². The van der Waals surface area contributed by atoms with E-state index < -0.39 is 0 Å². The van der Waals surface area contributed by atoms with Crippen molar-refractivity contribution in [1.82, 2.24) is 20.3 Å². The van der Waals surface area contributed by atoms with Crippen LogP contribution in [-0.2, 0) is 0 Å². The highest BCUT2D eigenvalue weighted by atomic mass is 15.0. The zero-order valence-corrected chi connectivity index (χ0v) is 16.8. The number of fused-ring (bicyclic) bond motifs is 2. The van der Waals surface area contributed by atoms with Gasteiger partial charge in [-0.05, 0) is 77.9 Å². The molecule has 0 radical (unpaired) electrons. The Morgan fingerprint density at radius 2 is 1.93 bits per heavy atom. The summed E-state index contributed by atoms with van der Waals surface area (Å²) in [5, 5.41) is 7.59. The van der Waals surface area contributed by atoms with Crippen LogP contribution in [0.4, 0.5) is 0 Å². The van der Waals surface area contributed by atoms with Gasteiger partial charge in [0, 0.05) is 53.7 Å². The Labute approximate surface area is 170 Å². The number of nitrogens with one attached hydrogen (secondary N) is 2. The minimum Gasteiger partial charge on any atom is -0.346 e. The van der Waals surface area contributed by atoms with E-state index in [0.717, 1.165) is 12.2 Å². The molecule has 2 fully saturated rings. The van der Waals surface area contributed by atoms with Crippen molar-refractivity contribution in [2.24, 2.45) is 5.41 Å². The predicted octanol–water partition coefficient (Wildman–Crippen LogP) is 5.68. The molecule has 1 atom stereocenters. The minimum absolute atomic E-state index is 0.420. The van der Waals surface area contributed by atoms with Gasteiger partial charge in [-0.15, -0.1) is 0 Å². The lowest BCUT2D eigenvalue weighted by molar-refractivity contribution is 0.329. The number of rotatable bonds is 2. The molecule has 1 aliphatic heterocycles. The Balaban J connectivity index is 1.49. The third kappa shape index (κ3) is 2.77. The van der Waals surface area contributed by atoms with Gasteiger partial charge in [-0.25, -0.2) is 4.98 Å². The van der Waals surface area contributed by atoms with Crippen molar-refractivity contribution in [2.45, 2.75) is 45.1 Å². The molecule has 4 heteroatoms. The monoisotopic (exact) mass is 382 g/mol. The number of aromatic nitrogens is 3. The van der Waals surface area contributed by atoms with Crippen molar-refractivity contribution in [2.75, 3.05) is 6.54 Å². The van der Waals surface area contributed by atoms with Crippen LogP contribution in [0.5, 0.6) is 0 Å².